The number of carbonyl (C=O) groups is 2. The second-order valence-corrected chi connectivity index (χ2v) is 18.0. The summed E-state index contributed by atoms with van der Waals surface area (Å²) in [4.78, 5) is 24.5. The van der Waals surface area contributed by atoms with Gasteiger partial charge in [-0.15, -0.1) is 0 Å². The Morgan fingerprint density at radius 1 is 0.305 bits per heavy atom. The fraction of sp³-hybridized carbons (Fsp3) is 0.961. The first-order chi connectivity index (χ1) is 28.7. The molecular formula is C51H100O8. The Hall–Kier alpha value is -1.22. The van der Waals surface area contributed by atoms with E-state index in [2.05, 4.69) is 13.8 Å². The van der Waals surface area contributed by atoms with Gasteiger partial charge in [0.05, 0.1) is 50.8 Å². The Kier molecular flexibility index (Phi) is 43.9. The molecule has 0 aromatic heterocycles. The molecule has 0 spiro atoms. The van der Waals surface area contributed by atoms with Crippen LogP contribution in [0.15, 0.2) is 0 Å². The first-order valence-corrected chi connectivity index (χ1v) is 25.5. The summed E-state index contributed by atoms with van der Waals surface area (Å²) in [5, 5.41) is 0. The minimum atomic E-state index is -0.285. The van der Waals surface area contributed by atoms with E-state index in [0.29, 0.717) is 39.3 Å². The molecule has 0 amide bonds. The molecule has 0 heterocycles. The van der Waals surface area contributed by atoms with Gasteiger partial charge in [-0.1, -0.05) is 194 Å². The molecule has 0 N–H and O–H groups in total. The molecule has 352 valence electrons. The normalized spacial score (nSPS) is 14.2. The predicted molar refractivity (Wildman–Crippen MR) is 247 cm³/mol. The number of rotatable bonds is 47. The summed E-state index contributed by atoms with van der Waals surface area (Å²) < 4.78 is 34.6. The first kappa shape index (κ1) is 57.8. The summed E-state index contributed by atoms with van der Waals surface area (Å²) in [5.41, 5.74) is 0. The van der Waals surface area contributed by atoms with Crippen molar-refractivity contribution in [2.75, 3.05) is 33.0 Å². The number of unbranched alkanes of at least 4 members (excludes halogenated alkanes) is 28. The molecular weight excluding hydrogens is 741 g/mol. The average Bonchev–Trinajstić information content (AvgIpc) is 3.22. The van der Waals surface area contributed by atoms with Crippen LogP contribution < -0.4 is 0 Å². The van der Waals surface area contributed by atoms with Gasteiger partial charge < -0.3 is 28.4 Å². The standard InChI is InChI=1S/C51H100O8/c1-8-10-12-14-16-18-20-22-24-26-28-30-32-34-36-38-50(52)58-43-48(6)56-41-46(4)54-40-45(3)55-42-47(5)57-44-49(7)59-51(53)39-37-35-33-31-29-27-25-23-21-19-17-15-13-11-9-2/h45-49H,8-44H2,1-7H3. The van der Waals surface area contributed by atoms with Gasteiger partial charge >= 0.3 is 11.9 Å². The number of esters is 2. The largest absolute Gasteiger partial charge is 0.463 e. The van der Waals surface area contributed by atoms with E-state index in [1.807, 2.05) is 34.6 Å². The maximum absolute atomic E-state index is 12.3. The SMILES string of the molecule is CCCCCCCCCCCCCCCCCC(=O)OCC(C)OCC(C)OCC(C)OCC(C)OCC(C)OC(=O)CCCCCCCCCCCCCCCCC. The van der Waals surface area contributed by atoms with Crippen molar-refractivity contribution in [3.8, 4) is 0 Å². The molecule has 0 saturated heterocycles. The van der Waals surface area contributed by atoms with Crippen LogP contribution in [-0.2, 0) is 38.0 Å². The van der Waals surface area contributed by atoms with E-state index < -0.39 is 0 Å². The molecule has 0 aromatic rings. The molecule has 5 unspecified atom stereocenters. The lowest BCUT2D eigenvalue weighted by atomic mass is 10.0. The van der Waals surface area contributed by atoms with Crippen molar-refractivity contribution in [2.24, 2.45) is 0 Å². The van der Waals surface area contributed by atoms with E-state index in [4.69, 9.17) is 28.4 Å². The van der Waals surface area contributed by atoms with Crippen molar-refractivity contribution in [1.29, 1.82) is 0 Å². The van der Waals surface area contributed by atoms with Crippen LogP contribution in [-0.4, -0.2) is 75.5 Å². The molecule has 0 bridgehead atoms. The highest BCUT2D eigenvalue weighted by Crippen LogP contribution is 2.16. The molecule has 0 radical (unpaired) electrons. The van der Waals surface area contributed by atoms with Gasteiger partial charge in [0.25, 0.3) is 0 Å². The smallest absolute Gasteiger partial charge is 0.306 e. The second kappa shape index (κ2) is 44.8. The van der Waals surface area contributed by atoms with E-state index in [1.165, 1.54) is 167 Å². The Balaban J connectivity index is 3.66. The average molecular weight is 841 g/mol. The second-order valence-electron chi connectivity index (χ2n) is 18.0. The van der Waals surface area contributed by atoms with Gasteiger partial charge in [-0.05, 0) is 47.5 Å². The third-order valence-electron chi connectivity index (χ3n) is 11.2. The van der Waals surface area contributed by atoms with Crippen molar-refractivity contribution < 1.29 is 38.0 Å². The minimum Gasteiger partial charge on any atom is -0.463 e. The number of carbonyl (C=O) groups excluding carboxylic acids is 2. The fourth-order valence-electron chi connectivity index (χ4n) is 7.27. The Labute approximate surface area is 366 Å². The summed E-state index contributed by atoms with van der Waals surface area (Å²) in [6.45, 7) is 16.2. The van der Waals surface area contributed by atoms with E-state index in [0.717, 1.165) is 25.7 Å². The number of hydrogen-bond donors (Lipinski definition) is 0. The molecule has 0 saturated carbocycles. The van der Waals surface area contributed by atoms with Crippen LogP contribution in [0.2, 0.25) is 0 Å². The predicted octanol–water partition coefficient (Wildman–Crippen LogP) is 14.6. The molecule has 8 heteroatoms. The lowest BCUT2D eigenvalue weighted by Crippen LogP contribution is -2.29. The quantitative estimate of drug-likeness (QED) is 0.0442. The fourth-order valence-corrected chi connectivity index (χ4v) is 7.27. The van der Waals surface area contributed by atoms with Crippen LogP contribution in [0.3, 0.4) is 0 Å². The molecule has 0 aromatic carbocycles. The topological polar surface area (TPSA) is 89.5 Å². The van der Waals surface area contributed by atoms with Gasteiger partial charge in [0, 0.05) is 12.8 Å². The van der Waals surface area contributed by atoms with Crippen molar-refractivity contribution in [2.45, 2.75) is 284 Å². The summed E-state index contributed by atoms with van der Waals surface area (Å²) in [5.74, 6) is -0.269. The van der Waals surface area contributed by atoms with E-state index >= 15 is 0 Å². The molecule has 0 aliphatic rings. The summed E-state index contributed by atoms with van der Waals surface area (Å²) in [7, 11) is 0. The zero-order valence-electron chi connectivity index (χ0n) is 40.3. The van der Waals surface area contributed by atoms with Crippen LogP contribution in [0.4, 0.5) is 0 Å². The molecule has 0 fully saturated rings. The lowest BCUT2D eigenvalue weighted by molar-refractivity contribution is -0.153. The maximum Gasteiger partial charge on any atom is 0.306 e. The molecule has 0 aliphatic carbocycles. The van der Waals surface area contributed by atoms with Crippen LogP contribution in [0.1, 0.15) is 254 Å². The summed E-state index contributed by atoms with van der Waals surface area (Å²) in [6.07, 6.45) is 39.5. The van der Waals surface area contributed by atoms with Gasteiger partial charge in [-0.3, -0.25) is 9.59 Å². The Morgan fingerprint density at radius 3 is 0.847 bits per heavy atom. The first-order valence-electron chi connectivity index (χ1n) is 25.5. The lowest BCUT2D eigenvalue weighted by Gasteiger charge is -2.22. The van der Waals surface area contributed by atoms with Crippen LogP contribution >= 0.6 is 0 Å². The highest BCUT2D eigenvalue weighted by molar-refractivity contribution is 5.69. The summed E-state index contributed by atoms with van der Waals surface area (Å²) >= 11 is 0. The van der Waals surface area contributed by atoms with Crippen molar-refractivity contribution in [1.82, 2.24) is 0 Å². The monoisotopic (exact) mass is 841 g/mol. The number of hydrogen-bond acceptors (Lipinski definition) is 8. The Morgan fingerprint density at radius 2 is 0.542 bits per heavy atom. The molecule has 0 aliphatic heterocycles. The van der Waals surface area contributed by atoms with Gasteiger partial charge in [0.2, 0.25) is 0 Å². The third-order valence-corrected chi connectivity index (χ3v) is 11.2. The zero-order chi connectivity index (χ0) is 43.4. The van der Waals surface area contributed by atoms with Gasteiger partial charge in [0.15, 0.2) is 0 Å². The highest BCUT2D eigenvalue weighted by atomic mass is 16.6. The zero-order valence-corrected chi connectivity index (χ0v) is 40.3. The van der Waals surface area contributed by atoms with E-state index in [-0.39, 0.29) is 49.1 Å². The Bertz CT molecular complexity index is 884. The number of ether oxygens (including phenoxy) is 6. The van der Waals surface area contributed by atoms with Crippen molar-refractivity contribution in [3.63, 3.8) is 0 Å². The van der Waals surface area contributed by atoms with E-state index in [9.17, 15) is 9.59 Å². The van der Waals surface area contributed by atoms with Crippen molar-refractivity contribution in [3.05, 3.63) is 0 Å². The summed E-state index contributed by atoms with van der Waals surface area (Å²) in [6, 6.07) is 0. The van der Waals surface area contributed by atoms with Gasteiger partial charge in [-0.25, -0.2) is 0 Å². The highest BCUT2D eigenvalue weighted by Gasteiger charge is 2.15. The minimum absolute atomic E-state index is 0.105. The van der Waals surface area contributed by atoms with Crippen LogP contribution in [0, 0.1) is 0 Å². The van der Waals surface area contributed by atoms with Gasteiger partial charge in [0.1, 0.15) is 12.7 Å². The van der Waals surface area contributed by atoms with Crippen LogP contribution in [0.5, 0.6) is 0 Å². The molecule has 5 atom stereocenters. The van der Waals surface area contributed by atoms with Gasteiger partial charge in [-0.2, -0.15) is 0 Å². The molecule has 59 heavy (non-hydrogen) atoms. The maximum atomic E-state index is 12.3. The molecule has 8 nitrogen and oxygen atoms in total. The van der Waals surface area contributed by atoms with E-state index in [1.54, 1.807) is 0 Å². The van der Waals surface area contributed by atoms with Crippen molar-refractivity contribution >= 4 is 11.9 Å². The van der Waals surface area contributed by atoms with Crippen LogP contribution in [0.25, 0.3) is 0 Å². The third kappa shape index (κ3) is 44.6. The molecule has 0 rings (SSSR count).